The Morgan fingerprint density at radius 2 is 1.73 bits per heavy atom. The van der Waals surface area contributed by atoms with E-state index >= 15 is 0 Å². The summed E-state index contributed by atoms with van der Waals surface area (Å²) in [6, 6.07) is 7.80. The smallest absolute Gasteiger partial charge is 0.118 e. The molecule has 0 saturated carbocycles. The SMILES string of the molecule is C=CCC(O)C(C)(C)C(CC=C)OCc1ccc(OC)cc1. The molecule has 0 aliphatic carbocycles. The Bertz CT molecular complexity index is 462. The monoisotopic (exact) mass is 304 g/mol. The molecule has 2 unspecified atom stereocenters. The Kier molecular flexibility index (Phi) is 7.36. The van der Waals surface area contributed by atoms with Gasteiger partial charge >= 0.3 is 0 Å². The fourth-order valence-corrected chi connectivity index (χ4v) is 2.33. The fourth-order valence-electron chi connectivity index (χ4n) is 2.33. The van der Waals surface area contributed by atoms with Gasteiger partial charge in [-0.1, -0.05) is 38.1 Å². The summed E-state index contributed by atoms with van der Waals surface area (Å²) >= 11 is 0. The summed E-state index contributed by atoms with van der Waals surface area (Å²) in [6.07, 6.45) is 4.21. The topological polar surface area (TPSA) is 38.7 Å². The average Bonchev–Trinajstić information content (AvgIpc) is 2.52. The standard InChI is InChI=1S/C19H28O3/c1-6-8-17(20)19(3,4)18(9-7-2)22-14-15-10-12-16(21-5)13-11-15/h6-7,10-13,17-18,20H,1-2,8-9,14H2,3-5H3. The van der Waals surface area contributed by atoms with E-state index in [0.717, 1.165) is 11.3 Å². The molecule has 0 aliphatic heterocycles. The maximum absolute atomic E-state index is 10.3. The Morgan fingerprint density at radius 3 is 2.23 bits per heavy atom. The van der Waals surface area contributed by atoms with Gasteiger partial charge in [-0.2, -0.15) is 0 Å². The molecule has 3 nitrogen and oxygen atoms in total. The lowest BCUT2D eigenvalue weighted by atomic mass is 9.78. The Balaban J connectivity index is 2.73. The highest BCUT2D eigenvalue weighted by Gasteiger charge is 2.35. The zero-order valence-corrected chi connectivity index (χ0v) is 13.9. The molecule has 0 saturated heterocycles. The lowest BCUT2D eigenvalue weighted by Gasteiger charge is -2.37. The highest BCUT2D eigenvalue weighted by Crippen LogP contribution is 2.32. The van der Waals surface area contributed by atoms with Gasteiger partial charge in [0.25, 0.3) is 0 Å². The van der Waals surface area contributed by atoms with Crippen LogP contribution in [0, 0.1) is 5.41 Å². The molecule has 0 radical (unpaired) electrons. The van der Waals surface area contributed by atoms with E-state index in [4.69, 9.17) is 9.47 Å². The van der Waals surface area contributed by atoms with E-state index in [2.05, 4.69) is 13.2 Å². The minimum absolute atomic E-state index is 0.109. The van der Waals surface area contributed by atoms with Crippen LogP contribution in [-0.4, -0.2) is 24.4 Å². The molecule has 0 aliphatic rings. The zero-order chi connectivity index (χ0) is 16.6. The molecule has 1 aromatic rings. The first-order valence-corrected chi connectivity index (χ1v) is 7.60. The summed E-state index contributed by atoms with van der Waals surface area (Å²) in [7, 11) is 1.65. The van der Waals surface area contributed by atoms with Crippen molar-refractivity contribution in [2.24, 2.45) is 5.41 Å². The van der Waals surface area contributed by atoms with Gasteiger partial charge in [0.05, 0.1) is 25.9 Å². The second-order valence-electron chi connectivity index (χ2n) is 6.03. The van der Waals surface area contributed by atoms with E-state index in [1.165, 1.54) is 0 Å². The van der Waals surface area contributed by atoms with Crippen molar-refractivity contribution < 1.29 is 14.6 Å². The van der Waals surface area contributed by atoms with Crippen molar-refractivity contribution in [2.45, 2.75) is 45.5 Å². The molecule has 0 aromatic heterocycles. The first kappa shape index (κ1) is 18.5. The predicted molar refractivity (Wildman–Crippen MR) is 91.0 cm³/mol. The first-order chi connectivity index (χ1) is 10.5. The van der Waals surface area contributed by atoms with Crippen molar-refractivity contribution in [1.29, 1.82) is 0 Å². The highest BCUT2D eigenvalue weighted by atomic mass is 16.5. The fraction of sp³-hybridized carbons (Fsp3) is 0.474. The summed E-state index contributed by atoms with van der Waals surface area (Å²) in [5, 5.41) is 10.3. The number of methoxy groups -OCH3 is 1. The van der Waals surface area contributed by atoms with Crippen molar-refractivity contribution in [3.63, 3.8) is 0 Å². The van der Waals surface area contributed by atoms with Gasteiger partial charge in [0.1, 0.15) is 5.75 Å². The largest absolute Gasteiger partial charge is 0.497 e. The van der Waals surface area contributed by atoms with Gasteiger partial charge in [0.2, 0.25) is 0 Å². The Morgan fingerprint density at radius 1 is 1.14 bits per heavy atom. The molecule has 1 rings (SSSR count). The lowest BCUT2D eigenvalue weighted by molar-refractivity contribution is -0.0887. The normalized spacial score (nSPS) is 14.2. The number of aliphatic hydroxyl groups is 1. The van der Waals surface area contributed by atoms with Gasteiger partial charge in [-0.05, 0) is 30.5 Å². The van der Waals surface area contributed by atoms with Crippen LogP contribution in [0.3, 0.4) is 0 Å². The summed E-state index contributed by atoms with van der Waals surface area (Å²) < 4.78 is 11.2. The van der Waals surface area contributed by atoms with E-state index in [9.17, 15) is 5.11 Å². The zero-order valence-electron chi connectivity index (χ0n) is 13.9. The maximum atomic E-state index is 10.3. The number of aliphatic hydroxyl groups excluding tert-OH is 1. The van der Waals surface area contributed by atoms with Crippen LogP contribution in [0.15, 0.2) is 49.6 Å². The van der Waals surface area contributed by atoms with Gasteiger partial charge < -0.3 is 14.6 Å². The molecule has 3 heteroatoms. The third kappa shape index (κ3) is 5.00. The number of benzene rings is 1. The summed E-state index contributed by atoms with van der Waals surface area (Å²) in [5.74, 6) is 0.827. The number of ether oxygens (including phenoxy) is 2. The number of hydrogen-bond donors (Lipinski definition) is 1. The second-order valence-corrected chi connectivity index (χ2v) is 6.03. The van der Waals surface area contributed by atoms with Gasteiger partial charge in [0.15, 0.2) is 0 Å². The van der Waals surface area contributed by atoms with Crippen LogP contribution < -0.4 is 4.74 Å². The minimum atomic E-state index is -0.495. The predicted octanol–water partition coefficient (Wildman–Crippen LogP) is 4.12. The third-order valence-electron chi connectivity index (χ3n) is 4.07. The molecule has 0 heterocycles. The van der Waals surface area contributed by atoms with Crippen molar-refractivity contribution >= 4 is 0 Å². The van der Waals surface area contributed by atoms with E-state index in [-0.39, 0.29) is 11.5 Å². The highest BCUT2D eigenvalue weighted by molar-refractivity contribution is 5.26. The van der Waals surface area contributed by atoms with E-state index in [0.29, 0.717) is 19.4 Å². The molecule has 122 valence electrons. The summed E-state index contributed by atoms with van der Waals surface area (Å²) in [6.45, 7) is 12.0. The number of hydrogen-bond acceptors (Lipinski definition) is 3. The van der Waals surface area contributed by atoms with Gasteiger partial charge in [-0.15, -0.1) is 13.2 Å². The molecular formula is C19H28O3. The second kappa shape index (κ2) is 8.76. The van der Waals surface area contributed by atoms with Crippen LogP contribution >= 0.6 is 0 Å². The summed E-state index contributed by atoms with van der Waals surface area (Å²) in [4.78, 5) is 0. The van der Waals surface area contributed by atoms with Crippen LogP contribution in [0.4, 0.5) is 0 Å². The lowest BCUT2D eigenvalue weighted by Crippen LogP contribution is -2.41. The van der Waals surface area contributed by atoms with Crippen molar-refractivity contribution in [3.8, 4) is 5.75 Å². The molecule has 2 atom stereocenters. The molecular weight excluding hydrogens is 276 g/mol. The van der Waals surface area contributed by atoms with E-state index < -0.39 is 6.10 Å². The van der Waals surface area contributed by atoms with Gasteiger partial charge in [0, 0.05) is 5.41 Å². The van der Waals surface area contributed by atoms with Crippen molar-refractivity contribution in [1.82, 2.24) is 0 Å². The molecule has 1 N–H and O–H groups in total. The molecule has 0 fully saturated rings. The molecule has 0 bridgehead atoms. The quantitative estimate of drug-likeness (QED) is 0.661. The molecule has 0 amide bonds. The van der Waals surface area contributed by atoms with E-state index in [1.807, 2.05) is 44.2 Å². The van der Waals surface area contributed by atoms with Crippen molar-refractivity contribution in [2.75, 3.05) is 7.11 Å². The molecule has 22 heavy (non-hydrogen) atoms. The maximum Gasteiger partial charge on any atom is 0.118 e. The summed E-state index contributed by atoms with van der Waals surface area (Å²) in [5.41, 5.74) is 0.693. The average molecular weight is 304 g/mol. The Labute approximate surface area is 134 Å². The van der Waals surface area contributed by atoms with Crippen LogP contribution in [0.1, 0.15) is 32.3 Å². The first-order valence-electron chi connectivity index (χ1n) is 7.60. The van der Waals surface area contributed by atoms with Crippen LogP contribution in [0.25, 0.3) is 0 Å². The van der Waals surface area contributed by atoms with Crippen LogP contribution in [0.5, 0.6) is 5.75 Å². The Hall–Kier alpha value is -1.58. The molecule has 1 aromatic carbocycles. The van der Waals surface area contributed by atoms with E-state index in [1.54, 1.807) is 13.2 Å². The van der Waals surface area contributed by atoms with Crippen LogP contribution in [0.2, 0.25) is 0 Å². The third-order valence-corrected chi connectivity index (χ3v) is 4.07. The van der Waals surface area contributed by atoms with Gasteiger partial charge in [-0.3, -0.25) is 0 Å². The number of rotatable bonds is 10. The van der Waals surface area contributed by atoms with Crippen molar-refractivity contribution in [3.05, 3.63) is 55.1 Å². The molecule has 0 spiro atoms. The minimum Gasteiger partial charge on any atom is -0.497 e. The van der Waals surface area contributed by atoms with Crippen LogP contribution in [-0.2, 0) is 11.3 Å². The van der Waals surface area contributed by atoms with Gasteiger partial charge in [-0.25, -0.2) is 0 Å².